The van der Waals surface area contributed by atoms with Crippen molar-refractivity contribution in [3.8, 4) is 5.69 Å². The molecule has 5 nitrogen and oxygen atoms in total. The molecule has 0 radical (unpaired) electrons. The molecule has 0 bridgehead atoms. The van der Waals surface area contributed by atoms with Gasteiger partial charge in [0.25, 0.3) is 5.56 Å². The SMILES string of the molecule is CCOC(O)c1cn(-c2ccccc2)c(=S)n(C)c1=O. The average Bonchev–Trinajstić information content (AvgIpc) is 2.46. The van der Waals surface area contributed by atoms with Gasteiger partial charge >= 0.3 is 0 Å². The van der Waals surface area contributed by atoms with E-state index in [1.807, 2.05) is 30.3 Å². The summed E-state index contributed by atoms with van der Waals surface area (Å²) >= 11 is 5.28. The topological polar surface area (TPSA) is 56.4 Å². The molecule has 106 valence electrons. The number of hydrogen-bond donors (Lipinski definition) is 1. The number of ether oxygens (including phenoxy) is 1. The highest BCUT2D eigenvalue weighted by molar-refractivity contribution is 7.71. The fourth-order valence-corrected chi connectivity index (χ4v) is 2.12. The molecule has 1 aromatic carbocycles. The van der Waals surface area contributed by atoms with Crippen LogP contribution in [0.25, 0.3) is 5.69 Å². The largest absolute Gasteiger partial charge is 0.364 e. The van der Waals surface area contributed by atoms with Crippen LogP contribution in [0.1, 0.15) is 18.8 Å². The van der Waals surface area contributed by atoms with Gasteiger partial charge in [0.15, 0.2) is 11.1 Å². The van der Waals surface area contributed by atoms with Crippen LogP contribution in [0.15, 0.2) is 41.3 Å². The van der Waals surface area contributed by atoms with Crippen LogP contribution >= 0.6 is 12.2 Å². The van der Waals surface area contributed by atoms with E-state index in [-0.39, 0.29) is 11.1 Å². The zero-order chi connectivity index (χ0) is 14.7. The summed E-state index contributed by atoms with van der Waals surface area (Å²) < 4.78 is 8.44. The number of aromatic nitrogens is 2. The van der Waals surface area contributed by atoms with E-state index in [0.29, 0.717) is 11.4 Å². The van der Waals surface area contributed by atoms with Crippen LogP contribution in [-0.2, 0) is 11.8 Å². The van der Waals surface area contributed by atoms with E-state index in [2.05, 4.69) is 0 Å². The van der Waals surface area contributed by atoms with Gasteiger partial charge in [-0.25, -0.2) is 0 Å². The molecule has 0 saturated heterocycles. The molecule has 1 N–H and O–H groups in total. The minimum atomic E-state index is -1.26. The molecule has 0 amide bonds. The van der Waals surface area contributed by atoms with Crippen molar-refractivity contribution in [2.24, 2.45) is 7.05 Å². The first-order chi connectivity index (χ1) is 9.56. The number of hydrogen-bond acceptors (Lipinski definition) is 4. The molecule has 6 heteroatoms. The summed E-state index contributed by atoms with van der Waals surface area (Å²) in [6.45, 7) is 2.06. The van der Waals surface area contributed by atoms with Gasteiger partial charge < -0.3 is 9.84 Å². The fourth-order valence-electron chi connectivity index (χ4n) is 1.88. The molecule has 2 rings (SSSR count). The number of para-hydroxylation sites is 1. The second-order valence-corrected chi connectivity index (χ2v) is 4.61. The number of aliphatic hydroxyl groups excluding tert-OH is 1. The first-order valence-corrected chi connectivity index (χ1v) is 6.64. The first-order valence-electron chi connectivity index (χ1n) is 6.24. The van der Waals surface area contributed by atoms with Crippen molar-refractivity contribution in [2.45, 2.75) is 13.2 Å². The van der Waals surface area contributed by atoms with E-state index < -0.39 is 6.29 Å². The molecule has 0 saturated carbocycles. The first kappa shape index (κ1) is 14.6. The van der Waals surface area contributed by atoms with Crippen molar-refractivity contribution in [3.63, 3.8) is 0 Å². The van der Waals surface area contributed by atoms with Crippen LogP contribution in [0.4, 0.5) is 0 Å². The lowest BCUT2D eigenvalue weighted by molar-refractivity contribution is -0.0993. The second-order valence-electron chi connectivity index (χ2n) is 4.24. The van der Waals surface area contributed by atoms with E-state index in [4.69, 9.17) is 17.0 Å². The highest BCUT2D eigenvalue weighted by atomic mass is 32.1. The van der Waals surface area contributed by atoms with Crippen molar-refractivity contribution in [1.29, 1.82) is 0 Å². The van der Waals surface area contributed by atoms with Crippen LogP contribution in [-0.4, -0.2) is 20.8 Å². The van der Waals surface area contributed by atoms with Crippen molar-refractivity contribution in [1.82, 2.24) is 9.13 Å². The highest BCUT2D eigenvalue weighted by Gasteiger charge is 2.15. The van der Waals surface area contributed by atoms with Crippen molar-refractivity contribution < 1.29 is 9.84 Å². The summed E-state index contributed by atoms with van der Waals surface area (Å²) in [5.41, 5.74) is 0.619. The van der Waals surface area contributed by atoms with Gasteiger partial charge in [-0.1, -0.05) is 18.2 Å². The fraction of sp³-hybridized carbons (Fsp3) is 0.286. The third-order valence-electron chi connectivity index (χ3n) is 2.94. The molecule has 0 aliphatic carbocycles. The molecule has 20 heavy (non-hydrogen) atoms. The van der Waals surface area contributed by atoms with E-state index in [1.54, 1.807) is 18.5 Å². The predicted octanol–water partition coefficient (Wildman–Crippen LogP) is 1.93. The molecule has 0 aliphatic rings. The monoisotopic (exact) mass is 292 g/mol. The lowest BCUT2D eigenvalue weighted by Crippen LogP contribution is -2.28. The molecule has 0 aliphatic heterocycles. The molecule has 1 unspecified atom stereocenters. The zero-order valence-electron chi connectivity index (χ0n) is 11.3. The Morgan fingerprint density at radius 3 is 2.60 bits per heavy atom. The van der Waals surface area contributed by atoms with Gasteiger partial charge in [-0.15, -0.1) is 0 Å². The lowest BCUT2D eigenvalue weighted by atomic mass is 10.3. The zero-order valence-corrected chi connectivity index (χ0v) is 12.1. The highest BCUT2D eigenvalue weighted by Crippen LogP contribution is 2.13. The van der Waals surface area contributed by atoms with Crippen LogP contribution in [0.2, 0.25) is 0 Å². The van der Waals surface area contributed by atoms with Gasteiger partial charge in [-0.3, -0.25) is 13.9 Å². The predicted molar refractivity (Wildman–Crippen MR) is 78.4 cm³/mol. The third-order valence-corrected chi connectivity index (χ3v) is 3.41. The van der Waals surface area contributed by atoms with Crippen LogP contribution in [0.3, 0.4) is 0 Å². The van der Waals surface area contributed by atoms with Crippen LogP contribution in [0, 0.1) is 4.77 Å². The number of aliphatic hydroxyl groups is 1. The lowest BCUT2D eigenvalue weighted by Gasteiger charge is -2.15. The number of benzene rings is 1. The average molecular weight is 292 g/mol. The molecule has 0 spiro atoms. The van der Waals surface area contributed by atoms with Gasteiger partial charge in [-0.05, 0) is 31.3 Å². The normalized spacial score (nSPS) is 12.3. The van der Waals surface area contributed by atoms with Crippen molar-refractivity contribution >= 4 is 12.2 Å². The van der Waals surface area contributed by atoms with Gasteiger partial charge in [0.05, 0.1) is 5.56 Å². The second kappa shape index (κ2) is 6.13. The summed E-state index contributed by atoms with van der Waals surface area (Å²) in [5.74, 6) is 0. The van der Waals surface area contributed by atoms with E-state index >= 15 is 0 Å². The molecule has 0 fully saturated rings. The molecule has 1 heterocycles. The Kier molecular flexibility index (Phi) is 4.49. The number of rotatable bonds is 4. The Labute approximate surface area is 121 Å². The summed E-state index contributed by atoms with van der Waals surface area (Å²) in [4.78, 5) is 12.1. The standard InChI is InChI=1S/C14H16N2O3S/c1-3-19-13(18)11-9-16(10-7-5-4-6-8-10)14(20)15(2)12(11)17/h4-9,13,18H,3H2,1-2H3. The minimum Gasteiger partial charge on any atom is -0.364 e. The summed E-state index contributed by atoms with van der Waals surface area (Å²) in [5, 5.41) is 9.91. The van der Waals surface area contributed by atoms with E-state index in [1.165, 1.54) is 10.8 Å². The van der Waals surface area contributed by atoms with E-state index in [9.17, 15) is 9.90 Å². The summed E-state index contributed by atoms with van der Waals surface area (Å²) in [6, 6.07) is 9.39. The molecular formula is C14H16N2O3S. The summed E-state index contributed by atoms with van der Waals surface area (Å²) in [6.07, 6.45) is 0.268. The number of nitrogens with zero attached hydrogens (tertiary/aromatic N) is 2. The maximum Gasteiger partial charge on any atom is 0.262 e. The molecular weight excluding hydrogens is 276 g/mol. The van der Waals surface area contributed by atoms with Gasteiger partial charge in [0, 0.05) is 25.5 Å². The molecule has 1 atom stereocenters. The third kappa shape index (κ3) is 2.72. The minimum absolute atomic E-state index is 0.159. The Balaban J connectivity index is 2.65. The maximum atomic E-state index is 12.1. The van der Waals surface area contributed by atoms with Crippen molar-refractivity contribution in [3.05, 3.63) is 57.2 Å². The van der Waals surface area contributed by atoms with Crippen LogP contribution in [0.5, 0.6) is 0 Å². The molecule has 1 aromatic heterocycles. The quantitative estimate of drug-likeness (QED) is 0.691. The van der Waals surface area contributed by atoms with Gasteiger partial charge in [-0.2, -0.15) is 0 Å². The molecule has 2 aromatic rings. The smallest absolute Gasteiger partial charge is 0.262 e. The summed E-state index contributed by atoms with van der Waals surface area (Å²) in [7, 11) is 1.58. The Bertz CT molecular complexity index is 707. The van der Waals surface area contributed by atoms with Gasteiger partial charge in [0.2, 0.25) is 0 Å². The van der Waals surface area contributed by atoms with Crippen LogP contribution < -0.4 is 5.56 Å². The Morgan fingerprint density at radius 2 is 2.00 bits per heavy atom. The maximum absolute atomic E-state index is 12.1. The Hall–Kier alpha value is -1.76. The van der Waals surface area contributed by atoms with E-state index in [0.717, 1.165) is 5.69 Å². The van der Waals surface area contributed by atoms with Gasteiger partial charge in [0.1, 0.15) is 0 Å². The Morgan fingerprint density at radius 1 is 1.35 bits per heavy atom. The van der Waals surface area contributed by atoms with Crippen molar-refractivity contribution in [2.75, 3.05) is 6.61 Å².